The number of hydrogen-bond donors (Lipinski definition) is 0. The van der Waals surface area contributed by atoms with Gasteiger partial charge in [-0.2, -0.15) is 0 Å². The topological polar surface area (TPSA) is 62.7 Å². The monoisotopic (exact) mass is 325 g/mol. The van der Waals surface area contributed by atoms with E-state index in [0.717, 1.165) is 11.4 Å². The van der Waals surface area contributed by atoms with Gasteiger partial charge in [0.15, 0.2) is 0 Å². The highest BCUT2D eigenvalue weighted by atomic mass is 16.5. The van der Waals surface area contributed by atoms with Crippen LogP contribution >= 0.6 is 0 Å². The van der Waals surface area contributed by atoms with E-state index in [0.29, 0.717) is 31.0 Å². The standard InChI is InChI=1S/C18H19N3O3/c1-13(22)20-10-5-11-21(16-7-4-3-6-15(16)20)18(23)14-8-9-17(24-2)19-12-14/h3-4,6-9,12H,5,10-11H2,1-2H3. The number of para-hydroxylation sites is 2. The molecule has 0 aliphatic carbocycles. The largest absolute Gasteiger partial charge is 0.481 e. The van der Waals surface area contributed by atoms with Gasteiger partial charge in [0.1, 0.15) is 0 Å². The first-order valence-electron chi connectivity index (χ1n) is 7.81. The molecule has 0 atom stereocenters. The van der Waals surface area contributed by atoms with Crippen molar-refractivity contribution in [1.82, 2.24) is 4.98 Å². The van der Waals surface area contributed by atoms with Gasteiger partial charge < -0.3 is 14.5 Å². The molecule has 0 saturated carbocycles. The third kappa shape index (κ3) is 2.95. The van der Waals surface area contributed by atoms with Crippen LogP contribution in [0.5, 0.6) is 5.88 Å². The van der Waals surface area contributed by atoms with Crippen molar-refractivity contribution in [3.63, 3.8) is 0 Å². The van der Waals surface area contributed by atoms with Crippen LogP contribution in [0.25, 0.3) is 0 Å². The van der Waals surface area contributed by atoms with Gasteiger partial charge in [0, 0.05) is 32.3 Å². The molecule has 6 heteroatoms. The Morgan fingerprint density at radius 2 is 1.71 bits per heavy atom. The Labute approximate surface area is 140 Å². The van der Waals surface area contributed by atoms with E-state index in [4.69, 9.17) is 4.74 Å². The van der Waals surface area contributed by atoms with E-state index < -0.39 is 0 Å². The van der Waals surface area contributed by atoms with E-state index in [2.05, 4.69) is 4.98 Å². The molecule has 0 saturated heterocycles. The van der Waals surface area contributed by atoms with E-state index in [1.54, 1.807) is 28.9 Å². The lowest BCUT2D eigenvalue weighted by Gasteiger charge is -2.24. The Morgan fingerprint density at radius 1 is 1.04 bits per heavy atom. The molecule has 2 heterocycles. The first kappa shape index (κ1) is 16.0. The van der Waals surface area contributed by atoms with Crippen molar-refractivity contribution in [2.45, 2.75) is 13.3 Å². The van der Waals surface area contributed by atoms with Gasteiger partial charge in [0.25, 0.3) is 5.91 Å². The number of aromatic nitrogens is 1. The maximum Gasteiger partial charge on any atom is 0.259 e. The number of methoxy groups -OCH3 is 1. The van der Waals surface area contributed by atoms with Crippen LogP contribution in [0.1, 0.15) is 23.7 Å². The molecule has 124 valence electrons. The minimum Gasteiger partial charge on any atom is -0.481 e. The van der Waals surface area contributed by atoms with E-state index in [1.165, 1.54) is 13.3 Å². The fourth-order valence-electron chi connectivity index (χ4n) is 2.87. The molecule has 1 aromatic heterocycles. The third-order valence-electron chi connectivity index (χ3n) is 4.04. The zero-order valence-corrected chi connectivity index (χ0v) is 13.7. The van der Waals surface area contributed by atoms with Crippen LogP contribution in [-0.2, 0) is 4.79 Å². The Kier molecular flexibility index (Phi) is 4.46. The van der Waals surface area contributed by atoms with Gasteiger partial charge in [0.05, 0.1) is 24.0 Å². The molecule has 2 amide bonds. The summed E-state index contributed by atoms with van der Waals surface area (Å²) in [6.07, 6.45) is 2.22. The first-order chi connectivity index (χ1) is 11.6. The van der Waals surface area contributed by atoms with Gasteiger partial charge in [-0.25, -0.2) is 4.98 Å². The molecule has 3 rings (SSSR count). The lowest BCUT2D eigenvalue weighted by atomic mass is 10.2. The lowest BCUT2D eigenvalue weighted by molar-refractivity contribution is -0.116. The summed E-state index contributed by atoms with van der Waals surface area (Å²) in [5, 5.41) is 0. The molecule has 1 aromatic carbocycles. The first-order valence-corrected chi connectivity index (χ1v) is 7.81. The molecular weight excluding hydrogens is 306 g/mol. The lowest BCUT2D eigenvalue weighted by Crippen LogP contribution is -2.31. The Morgan fingerprint density at radius 3 is 2.29 bits per heavy atom. The van der Waals surface area contributed by atoms with Crippen LogP contribution in [0.15, 0.2) is 42.6 Å². The average Bonchev–Trinajstić information content (AvgIpc) is 2.81. The van der Waals surface area contributed by atoms with Crippen LogP contribution in [0.2, 0.25) is 0 Å². The maximum absolute atomic E-state index is 12.9. The van der Waals surface area contributed by atoms with Crippen molar-refractivity contribution >= 4 is 23.2 Å². The van der Waals surface area contributed by atoms with Gasteiger partial charge in [-0.05, 0) is 24.6 Å². The predicted molar refractivity (Wildman–Crippen MR) is 91.6 cm³/mol. The molecule has 0 spiro atoms. The van der Waals surface area contributed by atoms with E-state index >= 15 is 0 Å². The summed E-state index contributed by atoms with van der Waals surface area (Å²) < 4.78 is 5.03. The van der Waals surface area contributed by atoms with Crippen molar-refractivity contribution in [3.05, 3.63) is 48.2 Å². The molecule has 1 aliphatic rings. The number of carbonyl (C=O) groups excluding carboxylic acids is 2. The highest BCUT2D eigenvalue weighted by Crippen LogP contribution is 2.33. The third-order valence-corrected chi connectivity index (χ3v) is 4.04. The smallest absolute Gasteiger partial charge is 0.259 e. The second-order valence-corrected chi connectivity index (χ2v) is 5.56. The number of hydrogen-bond acceptors (Lipinski definition) is 4. The number of amides is 2. The zero-order valence-electron chi connectivity index (χ0n) is 13.7. The molecular formula is C18H19N3O3. The summed E-state index contributed by atoms with van der Waals surface area (Å²) >= 11 is 0. The van der Waals surface area contributed by atoms with Crippen LogP contribution in [0.3, 0.4) is 0 Å². The molecule has 0 radical (unpaired) electrons. The zero-order chi connectivity index (χ0) is 17.1. The minimum absolute atomic E-state index is 0.0251. The highest BCUT2D eigenvalue weighted by molar-refractivity contribution is 6.09. The summed E-state index contributed by atoms with van der Waals surface area (Å²) in [5.41, 5.74) is 1.99. The summed E-state index contributed by atoms with van der Waals surface area (Å²) in [6.45, 7) is 2.68. The summed E-state index contributed by atoms with van der Waals surface area (Å²) in [6, 6.07) is 10.8. The molecule has 6 nitrogen and oxygen atoms in total. The number of nitrogens with zero attached hydrogens (tertiary/aromatic N) is 3. The van der Waals surface area contributed by atoms with Crippen LogP contribution in [0, 0.1) is 0 Å². The van der Waals surface area contributed by atoms with Gasteiger partial charge in [-0.3, -0.25) is 9.59 Å². The Bertz CT molecular complexity index is 758. The molecule has 2 aromatic rings. The summed E-state index contributed by atoms with van der Waals surface area (Å²) in [7, 11) is 1.53. The molecule has 0 bridgehead atoms. The van der Waals surface area contributed by atoms with E-state index in [9.17, 15) is 9.59 Å². The number of ether oxygens (including phenoxy) is 1. The van der Waals surface area contributed by atoms with Crippen LogP contribution in [-0.4, -0.2) is 37.0 Å². The number of rotatable bonds is 2. The maximum atomic E-state index is 12.9. The van der Waals surface area contributed by atoms with Crippen molar-refractivity contribution in [2.75, 3.05) is 30.0 Å². The van der Waals surface area contributed by atoms with Crippen molar-refractivity contribution in [2.24, 2.45) is 0 Å². The van der Waals surface area contributed by atoms with Crippen molar-refractivity contribution in [3.8, 4) is 5.88 Å². The van der Waals surface area contributed by atoms with Crippen molar-refractivity contribution in [1.29, 1.82) is 0 Å². The number of carbonyl (C=O) groups is 2. The summed E-state index contributed by atoms with van der Waals surface area (Å²) in [5.74, 6) is 0.302. The predicted octanol–water partition coefficient (Wildman–Crippen LogP) is 2.49. The van der Waals surface area contributed by atoms with Crippen LogP contribution in [0.4, 0.5) is 11.4 Å². The van der Waals surface area contributed by atoms with Gasteiger partial charge >= 0.3 is 0 Å². The number of pyridine rings is 1. The molecule has 24 heavy (non-hydrogen) atoms. The second-order valence-electron chi connectivity index (χ2n) is 5.56. The number of fused-ring (bicyclic) bond motifs is 1. The van der Waals surface area contributed by atoms with Crippen LogP contribution < -0.4 is 14.5 Å². The van der Waals surface area contributed by atoms with Gasteiger partial charge in [-0.1, -0.05) is 12.1 Å². The van der Waals surface area contributed by atoms with Crippen molar-refractivity contribution < 1.29 is 14.3 Å². The van der Waals surface area contributed by atoms with E-state index in [-0.39, 0.29) is 11.8 Å². The van der Waals surface area contributed by atoms with Gasteiger partial charge in [0.2, 0.25) is 11.8 Å². The van der Waals surface area contributed by atoms with Gasteiger partial charge in [-0.15, -0.1) is 0 Å². The Hall–Kier alpha value is -2.89. The quantitative estimate of drug-likeness (QED) is 0.851. The SMILES string of the molecule is COc1ccc(C(=O)N2CCCN(C(C)=O)c3ccccc32)cn1. The molecule has 0 N–H and O–H groups in total. The fourth-order valence-corrected chi connectivity index (χ4v) is 2.87. The number of benzene rings is 1. The summed E-state index contributed by atoms with van der Waals surface area (Å²) in [4.78, 5) is 32.4. The molecule has 0 unspecified atom stereocenters. The van der Waals surface area contributed by atoms with E-state index in [1.807, 2.05) is 24.3 Å². The second kappa shape index (κ2) is 6.70. The minimum atomic E-state index is -0.136. The fraction of sp³-hybridized carbons (Fsp3) is 0.278. The highest BCUT2D eigenvalue weighted by Gasteiger charge is 2.27. The average molecular weight is 325 g/mol. The normalized spacial score (nSPS) is 13.9. The molecule has 1 aliphatic heterocycles. The number of anilines is 2. The Balaban J connectivity index is 1.98. The molecule has 0 fully saturated rings.